The van der Waals surface area contributed by atoms with E-state index in [0.29, 0.717) is 18.0 Å². The van der Waals surface area contributed by atoms with Gasteiger partial charge in [0.2, 0.25) is 15.9 Å². The molecule has 0 bridgehead atoms. The summed E-state index contributed by atoms with van der Waals surface area (Å²) in [6.45, 7) is 6.65. The van der Waals surface area contributed by atoms with Crippen LogP contribution in [0, 0.1) is 24.7 Å². The molecule has 2 fully saturated rings. The molecule has 0 radical (unpaired) electrons. The minimum atomic E-state index is -3.52. The summed E-state index contributed by atoms with van der Waals surface area (Å²) in [6.07, 6.45) is 0. The lowest BCUT2D eigenvalue weighted by Gasteiger charge is -2.26. The summed E-state index contributed by atoms with van der Waals surface area (Å²) in [4.78, 5) is 13.4. The van der Waals surface area contributed by atoms with Crippen molar-refractivity contribution in [1.82, 2.24) is 19.4 Å². The molecule has 1 N–H and O–H groups in total. The maximum Gasteiger partial charge on any atom is 0.243 e. The monoisotopic (exact) mass is 452 g/mol. The maximum atomic E-state index is 13.1. The van der Waals surface area contributed by atoms with Gasteiger partial charge in [0.25, 0.3) is 0 Å². The molecule has 5 rings (SSSR count). The summed E-state index contributed by atoms with van der Waals surface area (Å²) >= 11 is 0. The van der Waals surface area contributed by atoms with Gasteiger partial charge in [-0.3, -0.25) is 9.48 Å². The number of amides is 1. The molecular weight excluding hydrogens is 424 g/mol. The number of nitrogens with one attached hydrogen (secondary N) is 1. The van der Waals surface area contributed by atoms with Gasteiger partial charge in [0.15, 0.2) is 0 Å². The highest BCUT2D eigenvalue weighted by atomic mass is 32.2. The first-order chi connectivity index (χ1) is 15.1. The molecule has 8 heteroatoms. The lowest BCUT2D eigenvalue weighted by atomic mass is 9.96. The molecule has 1 aromatic heterocycles. The number of nitrogens with zero attached hydrogens (tertiary/aromatic N) is 3. The Hall–Kier alpha value is -2.71. The van der Waals surface area contributed by atoms with Crippen LogP contribution in [0.25, 0.3) is 10.9 Å². The molecule has 1 aliphatic heterocycles. The number of carbonyl (C=O) groups is 1. The van der Waals surface area contributed by atoms with Gasteiger partial charge in [-0.1, -0.05) is 35.9 Å². The van der Waals surface area contributed by atoms with Crippen LogP contribution in [0.2, 0.25) is 0 Å². The second-order valence-electron chi connectivity index (χ2n) is 9.59. The first-order valence-corrected chi connectivity index (χ1v) is 12.3. The molecule has 1 saturated heterocycles. The zero-order valence-corrected chi connectivity index (χ0v) is 19.6. The molecule has 2 aromatic carbocycles. The Morgan fingerprint density at radius 2 is 1.69 bits per heavy atom. The summed E-state index contributed by atoms with van der Waals surface area (Å²) < 4.78 is 29.2. The zero-order valence-electron chi connectivity index (χ0n) is 18.7. The van der Waals surface area contributed by atoms with Gasteiger partial charge in [0, 0.05) is 31.4 Å². The molecule has 7 nitrogen and oxygen atoms in total. The van der Waals surface area contributed by atoms with Crippen LogP contribution < -0.4 is 5.32 Å². The van der Waals surface area contributed by atoms with Crippen molar-refractivity contribution in [3.05, 3.63) is 59.8 Å². The predicted octanol–water partition coefficient (Wildman–Crippen LogP) is 2.80. The van der Waals surface area contributed by atoms with Gasteiger partial charge >= 0.3 is 0 Å². The van der Waals surface area contributed by atoms with Crippen molar-refractivity contribution in [3.8, 4) is 0 Å². The quantitative estimate of drug-likeness (QED) is 0.645. The van der Waals surface area contributed by atoms with Crippen LogP contribution in [0.4, 0.5) is 0 Å². The van der Waals surface area contributed by atoms with Crippen molar-refractivity contribution in [1.29, 1.82) is 0 Å². The Balaban J connectivity index is 1.27. The van der Waals surface area contributed by atoms with Gasteiger partial charge in [-0.2, -0.15) is 9.40 Å². The van der Waals surface area contributed by atoms with E-state index >= 15 is 0 Å². The fourth-order valence-electron chi connectivity index (χ4n) is 5.06. The van der Waals surface area contributed by atoms with Gasteiger partial charge in [0.05, 0.1) is 21.6 Å². The normalized spacial score (nSPS) is 23.3. The predicted molar refractivity (Wildman–Crippen MR) is 122 cm³/mol. The Morgan fingerprint density at radius 3 is 2.34 bits per heavy atom. The number of piperidine rings is 1. The largest absolute Gasteiger partial charge is 0.345 e. The molecule has 2 unspecified atom stereocenters. The fourth-order valence-corrected chi connectivity index (χ4v) is 6.57. The molecule has 2 atom stereocenters. The average Bonchev–Trinajstić information content (AvgIpc) is 3.06. The molecular formula is C24H28N4O3S. The third-order valence-electron chi connectivity index (χ3n) is 6.91. The Labute approximate surface area is 188 Å². The van der Waals surface area contributed by atoms with E-state index in [1.807, 2.05) is 68.9 Å². The minimum absolute atomic E-state index is 0.0212. The first kappa shape index (κ1) is 21.2. The van der Waals surface area contributed by atoms with Crippen LogP contribution in [0.5, 0.6) is 0 Å². The topological polar surface area (TPSA) is 84.3 Å². The van der Waals surface area contributed by atoms with Gasteiger partial charge in [-0.15, -0.1) is 0 Å². The second-order valence-corrected chi connectivity index (χ2v) is 11.5. The summed E-state index contributed by atoms with van der Waals surface area (Å²) in [5.41, 5.74) is 2.24. The first-order valence-electron chi connectivity index (χ1n) is 10.9. The molecule has 3 aromatic rings. The number of sulfonamides is 1. The standard InChI is InChI=1S/C24H28N4O3S/c1-15-9-11-16(12-10-15)32(30,31)28-13-18-19(14-28)21(18)23(29)25-24(2,3)22-17-7-5-6-8-20(17)27(4)26-22/h5-12,18-19,21H,13-14H2,1-4H3,(H,25,29). The lowest BCUT2D eigenvalue weighted by molar-refractivity contribution is -0.124. The summed E-state index contributed by atoms with van der Waals surface area (Å²) in [6, 6.07) is 14.9. The van der Waals surface area contributed by atoms with Crippen LogP contribution in [0.15, 0.2) is 53.4 Å². The van der Waals surface area contributed by atoms with E-state index in [2.05, 4.69) is 10.4 Å². The Bertz CT molecular complexity index is 1300. The van der Waals surface area contributed by atoms with Crippen molar-refractivity contribution < 1.29 is 13.2 Å². The number of aryl methyl sites for hydroxylation is 2. The average molecular weight is 453 g/mol. The van der Waals surface area contributed by atoms with Gasteiger partial charge in [-0.25, -0.2) is 8.42 Å². The number of fused-ring (bicyclic) bond motifs is 2. The van der Waals surface area contributed by atoms with Crippen LogP contribution >= 0.6 is 0 Å². The van der Waals surface area contributed by atoms with Gasteiger partial charge in [-0.05, 0) is 50.8 Å². The SMILES string of the molecule is Cc1ccc(S(=O)(=O)N2CC3C(C2)C3C(=O)NC(C)(C)c2nn(C)c3ccccc23)cc1. The zero-order chi connectivity index (χ0) is 22.8. The highest BCUT2D eigenvalue weighted by molar-refractivity contribution is 7.89. The van der Waals surface area contributed by atoms with Crippen LogP contribution in [-0.2, 0) is 27.4 Å². The molecule has 0 spiro atoms. The van der Waals surface area contributed by atoms with Crippen molar-refractivity contribution >= 4 is 26.8 Å². The van der Waals surface area contributed by atoms with E-state index in [1.165, 1.54) is 4.31 Å². The minimum Gasteiger partial charge on any atom is -0.345 e. The van der Waals surface area contributed by atoms with E-state index in [0.717, 1.165) is 22.2 Å². The number of benzene rings is 2. The summed E-state index contributed by atoms with van der Waals surface area (Å²) in [5, 5.41) is 8.86. The summed E-state index contributed by atoms with van der Waals surface area (Å²) in [7, 11) is -1.62. The van der Waals surface area contributed by atoms with E-state index in [9.17, 15) is 13.2 Å². The van der Waals surface area contributed by atoms with Crippen molar-refractivity contribution in [2.75, 3.05) is 13.1 Å². The van der Waals surface area contributed by atoms with E-state index in [4.69, 9.17) is 0 Å². The molecule has 1 aliphatic carbocycles. The molecule has 2 heterocycles. The number of hydrogen-bond donors (Lipinski definition) is 1. The molecule has 1 amide bonds. The Morgan fingerprint density at radius 1 is 1.06 bits per heavy atom. The number of rotatable bonds is 5. The van der Waals surface area contributed by atoms with Crippen LogP contribution in [0.1, 0.15) is 25.1 Å². The highest BCUT2D eigenvalue weighted by Gasteiger charge is 2.61. The Kier molecular flexibility index (Phi) is 4.73. The molecule has 2 aliphatic rings. The van der Waals surface area contributed by atoms with Crippen molar-refractivity contribution in [2.24, 2.45) is 24.8 Å². The summed E-state index contributed by atoms with van der Waals surface area (Å²) in [5.74, 6) is -0.0150. The fraction of sp³-hybridized carbons (Fsp3) is 0.417. The second kappa shape index (κ2) is 7.15. The number of aromatic nitrogens is 2. The molecule has 1 saturated carbocycles. The smallest absolute Gasteiger partial charge is 0.243 e. The third kappa shape index (κ3) is 3.33. The number of hydrogen-bond acceptors (Lipinski definition) is 4. The third-order valence-corrected chi connectivity index (χ3v) is 8.75. The van der Waals surface area contributed by atoms with Crippen LogP contribution in [-0.4, -0.2) is 41.5 Å². The van der Waals surface area contributed by atoms with Crippen LogP contribution in [0.3, 0.4) is 0 Å². The maximum absolute atomic E-state index is 13.1. The van der Waals surface area contributed by atoms with Crippen molar-refractivity contribution in [2.45, 2.75) is 31.2 Å². The highest BCUT2D eigenvalue weighted by Crippen LogP contribution is 2.53. The number of carbonyl (C=O) groups excluding carboxylic acids is 1. The van der Waals surface area contributed by atoms with Gasteiger partial charge in [0.1, 0.15) is 0 Å². The van der Waals surface area contributed by atoms with E-state index < -0.39 is 15.6 Å². The van der Waals surface area contributed by atoms with Crippen molar-refractivity contribution in [3.63, 3.8) is 0 Å². The lowest BCUT2D eigenvalue weighted by Crippen LogP contribution is -2.44. The van der Waals surface area contributed by atoms with E-state index in [-0.39, 0.29) is 23.7 Å². The molecule has 168 valence electrons. The molecule has 32 heavy (non-hydrogen) atoms. The number of para-hydroxylation sites is 1. The van der Waals surface area contributed by atoms with Gasteiger partial charge < -0.3 is 5.32 Å². The van der Waals surface area contributed by atoms with E-state index in [1.54, 1.807) is 12.1 Å².